The SMILES string of the molecule is CC1=C(N)CC(N)(N)C=C1. The van der Waals surface area contributed by atoms with Crippen LogP contribution in [0.5, 0.6) is 0 Å². The van der Waals surface area contributed by atoms with E-state index >= 15 is 0 Å². The van der Waals surface area contributed by atoms with Gasteiger partial charge in [-0.3, -0.25) is 0 Å². The molecule has 0 aromatic rings. The Morgan fingerprint density at radius 2 is 2.10 bits per heavy atom. The molecule has 0 atom stereocenters. The highest BCUT2D eigenvalue weighted by atomic mass is 15.0. The van der Waals surface area contributed by atoms with Gasteiger partial charge in [-0.1, -0.05) is 6.08 Å². The normalized spacial score (nSPS) is 23.5. The van der Waals surface area contributed by atoms with Crippen molar-refractivity contribution in [1.29, 1.82) is 0 Å². The van der Waals surface area contributed by atoms with Gasteiger partial charge >= 0.3 is 0 Å². The molecule has 0 fully saturated rings. The summed E-state index contributed by atoms with van der Waals surface area (Å²) in [6.07, 6.45) is 4.19. The lowest BCUT2D eigenvalue weighted by Crippen LogP contribution is -2.49. The maximum atomic E-state index is 5.62. The van der Waals surface area contributed by atoms with Gasteiger partial charge in [-0.05, 0) is 18.6 Å². The lowest BCUT2D eigenvalue weighted by Gasteiger charge is -2.24. The summed E-state index contributed by atoms with van der Waals surface area (Å²) < 4.78 is 0. The van der Waals surface area contributed by atoms with Gasteiger partial charge < -0.3 is 17.2 Å². The molecule has 0 aromatic heterocycles. The molecule has 0 amide bonds. The van der Waals surface area contributed by atoms with Gasteiger partial charge in [0.1, 0.15) is 0 Å². The summed E-state index contributed by atoms with van der Waals surface area (Å²) in [5, 5.41) is 0. The van der Waals surface area contributed by atoms with E-state index in [1.807, 2.05) is 13.0 Å². The molecule has 6 N–H and O–H groups in total. The Bertz CT molecular complexity index is 201. The van der Waals surface area contributed by atoms with Gasteiger partial charge in [0, 0.05) is 12.1 Å². The largest absolute Gasteiger partial charge is 0.402 e. The third-order valence-electron chi connectivity index (χ3n) is 1.65. The van der Waals surface area contributed by atoms with Crippen LogP contribution in [0.1, 0.15) is 13.3 Å². The fraction of sp³-hybridized carbons (Fsp3) is 0.429. The number of nitrogens with two attached hydrogens (primary N) is 3. The van der Waals surface area contributed by atoms with Gasteiger partial charge in [0.25, 0.3) is 0 Å². The molecule has 56 valence electrons. The third kappa shape index (κ3) is 1.37. The molecule has 1 aliphatic carbocycles. The fourth-order valence-corrected chi connectivity index (χ4v) is 0.915. The van der Waals surface area contributed by atoms with Crippen LogP contribution in [0.2, 0.25) is 0 Å². The molecule has 0 saturated heterocycles. The minimum atomic E-state index is -0.733. The van der Waals surface area contributed by atoms with Crippen molar-refractivity contribution in [3.05, 3.63) is 23.4 Å². The van der Waals surface area contributed by atoms with Gasteiger partial charge in [-0.15, -0.1) is 0 Å². The maximum Gasteiger partial charge on any atom is 0.0887 e. The van der Waals surface area contributed by atoms with Crippen LogP contribution in [-0.4, -0.2) is 5.66 Å². The van der Waals surface area contributed by atoms with Crippen molar-refractivity contribution in [1.82, 2.24) is 0 Å². The van der Waals surface area contributed by atoms with Crippen molar-refractivity contribution in [3.63, 3.8) is 0 Å². The van der Waals surface area contributed by atoms with Crippen molar-refractivity contribution in [2.24, 2.45) is 17.2 Å². The van der Waals surface area contributed by atoms with Crippen LogP contribution in [0.4, 0.5) is 0 Å². The Labute approximate surface area is 60.6 Å². The Hall–Kier alpha value is -0.800. The number of rotatable bonds is 0. The van der Waals surface area contributed by atoms with E-state index in [2.05, 4.69) is 0 Å². The molecule has 0 saturated carbocycles. The molecule has 0 spiro atoms. The van der Waals surface area contributed by atoms with E-state index in [0.29, 0.717) is 6.42 Å². The smallest absolute Gasteiger partial charge is 0.0887 e. The first-order valence-corrected chi connectivity index (χ1v) is 3.23. The predicted molar refractivity (Wildman–Crippen MR) is 41.8 cm³/mol. The number of hydrogen-bond acceptors (Lipinski definition) is 3. The van der Waals surface area contributed by atoms with Crippen molar-refractivity contribution in [2.45, 2.75) is 19.0 Å². The van der Waals surface area contributed by atoms with E-state index < -0.39 is 5.66 Å². The predicted octanol–water partition coefficient (Wildman–Crippen LogP) is -0.207. The summed E-state index contributed by atoms with van der Waals surface area (Å²) in [6.45, 7) is 1.95. The van der Waals surface area contributed by atoms with Crippen molar-refractivity contribution >= 4 is 0 Å². The van der Waals surface area contributed by atoms with Gasteiger partial charge in [0.2, 0.25) is 0 Å². The van der Waals surface area contributed by atoms with Crippen molar-refractivity contribution < 1.29 is 0 Å². The van der Waals surface area contributed by atoms with Crippen LogP contribution < -0.4 is 17.2 Å². The van der Waals surface area contributed by atoms with E-state index in [-0.39, 0.29) is 0 Å². The van der Waals surface area contributed by atoms with Crippen LogP contribution in [0.15, 0.2) is 23.4 Å². The quantitative estimate of drug-likeness (QED) is 0.406. The summed E-state index contributed by atoms with van der Waals surface area (Å²) >= 11 is 0. The first kappa shape index (κ1) is 7.31. The van der Waals surface area contributed by atoms with E-state index in [0.717, 1.165) is 11.3 Å². The summed E-state index contributed by atoms with van der Waals surface area (Å²) in [5.74, 6) is 0. The Morgan fingerprint density at radius 3 is 2.50 bits per heavy atom. The van der Waals surface area contributed by atoms with Crippen LogP contribution in [0, 0.1) is 0 Å². The first-order valence-electron chi connectivity index (χ1n) is 3.23. The standard InChI is InChI=1S/C7H13N3/c1-5-2-3-7(9,10)4-6(5)8/h2-3H,4,8-10H2,1H3. The van der Waals surface area contributed by atoms with Crippen molar-refractivity contribution in [2.75, 3.05) is 0 Å². The van der Waals surface area contributed by atoms with Crippen LogP contribution in [-0.2, 0) is 0 Å². The zero-order valence-electron chi connectivity index (χ0n) is 6.09. The molecule has 0 bridgehead atoms. The third-order valence-corrected chi connectivity index (χ3v) is 1.65. The summed E-state index contributed by atoms with van der Waals surface area (Å²) in [6, 6.07) is 0. The second-order valence-corrected chi connectivity index (χ2v) is 2.83. The molecule has 3 nitrogen and oxygen atoms in total. The Morgan fingerprint density at radius 1 is 1.50 bits per heavy atom. The van der Waals surface area contributed by atoms with Crippen LogP contribution in [0.3, 0.4) is 0 Å². The minimum Gasteiger partial charge on any atom is -0.402 e. The highest BCUT2D eigenvalue weighted by molar-refractivity contribution is 5.31. The molecule has 0 unspecified atom stereocenters. The Kier molecular flexibility index (Phi) is 1.54. The first-order chi connectivity index (χ1) is 4.51. The zero-order valence-corrected chi connectivity index (χ0v) is 6.09. The summed E-state index contributed by atoms with van der Waals surface area (Å²) in [7, 11) is 0. The Balaban J connectivity index is 2.85. The molecular formula is C7H13N3. The lowest BCUT2D eigenvalue weighted by atomic mass is 9.96. The van der Waals surface area contributed by atoms with E-state index in [4.69, 9.17) is 17.2 Å². The zero-order chi connectivity index (χ0) is 7.78. The van der Waals surface area contributed by atoms with Gasteiger partial charge in [0.05, 0.1) is 5.66 Å². The molecule has 0 aliphatic heterocycles. The van der Waals surface area contributed by atoms with Crippen LogP contribution in [0.25, 0.3) is 0 Å². The molecule has 3 heteroatoms. The summed E-state index contributed by atoms with van der Waals surface area (Å²) in [4.78, 5) is 0. The van der Waals surface area contributed by atoms with E-state index in [9.17, 15) is 0 Å². The molecule has 10 heavy (non-hydrogen) atoms. The number of allylic oxidation sites excluding steroid dienone is 2. The van der Waals surface area contributed by atoms with E-state index in [1.165, 1.54) is 0 Å². The maximum absolute atomic E-state index is 5.62. The highest BCUT2D eigenvalue weighted by Gasteiger charge is 2.19. The molecule has 1 rings (SSSR count). The molecule has 0 aromatic carbocycles. The van der Waals surface area contributed by atoms with Crippen LogP contribution >= 0.6 is 0 Å². The summed E-state index contributed by atoms with van der Waals surface area (Å²) in [5.41, 5.74) is 18.0. The molecule has 1 aliphatic rings. The molecule has 0 radical (unpaired) electrons. The highest BCUT2D eigenvalue weighted by Crippen LogP contribution is 2.17. The average molecular weight is 139 g/mol. The van der Waals surface area contributed by atoms with Gasteiger partial charge in [-0.2, -0.15) is 0 Å². The fourth-order valence-electron chi connectivity index (χ4n) is 0.915. The molecular weight excluding hydrogens is 126 g/mol. The second kappa shape index (κ2) is 2.11. The van der Waals surface area contributed by atoms with Gasteiger partial charge in [0.15, 0.2) is 0 Å². The van der Waals surface area contributed by atoms with Gasteiger partial charge in [-0.25, -0.2) is 0 Å². The number of hydrogen-bond donors (Lipinski definition) is 3. The topological polar surface area (TPSA) is 78.1 Å². The van der Waals surface area contributed by atoms with Crippen molar-refractivity contribution in [3.8, 4) is 0 Å². The van der Waals surface area contributed by atoms with E-state index in [1.54, 1.807) is 6.08 Å². The lowest BCUT2D eigenvalue weighted by molar-refractivity contribution is 0.535. The minimum absolute atomic E-state index is 0.551. The average Bonchev–Trinajstić information content (AvgIpc) is 1.79. The molecule has 0 heterocycles. The second-order valence-electron chi connectivity index (χ2n) is 2.83. The monoisotopic (exact) mass is 139 g/mol.